The smallest absolute Gasteiger partial charge is 0.00947 e. The summed E-state index contributed by atoms with van der Waals surface area (Å²) in [6, 6.07) is 8.80. The van der Waals surface area contributed by atoms with E-state index in [0.717, 1.165) is 19.3 Å². The number of allylic oxidation sites excluding steroid dienone is 4. The van der Waals surface area contributed by atoms with Gasteiger partial charge in [-0.1, -0.05) is 61.9 Å². The van der Waals surface area contributed by atoms with Crippen molar-refractivity contribution in [3.8, 4) is 0 Å². The number of hydrogen-bond donors (Lipinski definition) is 0. The van der Waals surface area contributed by atoms with Gasteiger partial charge >= 0.3 is 0 Å². The molecule has 1 aromatic rings. The van der Waals surface area contributed by atoms with Crippen molar-refractivity contribution < 1.29 is 0 Å². The van der Waals surface area contributed by atoms with Crippen LogP contribution in [0.25, 0.3) is 5.57 Å². The second-order valence-electron chi connectivity index (χ2n) is 4.09. The Hall–Kier alpha value is -1.30. The predicted octanol–water partition coefficient (Wildman–Crippen LogP) is 5.14. The first-order chi connectivity index (χ1) is 7.77. The Morgan fingerprint density at radius 2 is 1.69 bits per heavy atom. The minimum absolute atomic E-state index is 1.05. The Morgan fingerprint density at radius 3 is 2.25 bits per heavy atom. The summed E-state index contributed by atoms with van der Waals surface area (Å²) in [5, 5.41) is 0. The van der Waals surface area contributed by atoms with Gasteiger partial charge in [-0.3, -0.25) is 0 Å². The molecular weight excluding hydrogens is 192 g/mol. The van der Waals surface area contributed by atoms with Crippen LogP contribution in [0.2, 0.25) is 0 Å². The van der Waals surface area contributed by atoms with E-state index in [2.05, 4.69) is 63.3 Å². The SMILES string of the molecule is CC/C=C\C/C(=C\CC)c1ccc(C)cc1. The molecule has 0 amide bonds. The van der Waals surface area contributed by atoms with Crippen LogP contribution in [0.4, 0.5) is 0 Å². The maximum absolute atomic E-state index is 2.32. The van der Waals surface area contributed by atoms with Crippen LogP contribution >= 0.6 is 0 Å². The van der Waals surface area contributed by atoms with Crippen molar-refractivity contribution >= 4 is 5.57 Å². The second-order valence-corrected chi connectivity index (χ2v) is 4.09. The monoisotopic (exact) mass is 214 g/mol. The highest BCUT2D eigenvalue weighted by atomic mass is 14.0. The van der Waals surface area contributed by atoms with E-state index in [-0.39, 0.29) is 0 Å². The molecule has 0 radical (unpaired) electrons. The summed E-state index contributed by atoms with van der Waals surface area (Å²) in [7, 11) is 0. The zero-order valence-electron chi connectivity index (χ0n) is 10.7. The maximum Gasteiger partial charge on any atom is -0.00947 e. The predicted molar refractivity (Wildman–Crippen MR) is 73.5 cm³/mol. The van der Waals surface area contributed by atoms with Gasteiger partial charge in [0.15, 0.2) is 0 Å². The lowest BCUT2D eigenvalue weighted by Crippen LogP contribution is -1.84. The van der Waals surface area contributed by atoms with Gasteiger partial charge in [0.25, 0.3) is 0 Å². The third-order valence-corrected chi connectivity index (χ3v) is 2.61. The molecule has 0 heteroatoms. The minimum atomic E-state index is 1.05. The van der Waals surface area contributed by atoms with Crippen molar-refractivity contribution in [2.45, 2.75) is 40.0 Å². The van der Waals surface area contributed by atoms with Crippen LogP contribution in [-0.2, 0) is 0 Å². The summed E-state index contributed by atoms with van der Waals surface area (Å²) in [5.41, 5.74) is 4.11. The molecule has 0 unspecified atom stereocenters. The fourth-order valence-electron chi connectivity index (χ4n) is 1.71. The average molecular weight is 214 g/mol. The van der Waals surface area contributed by atoms with Crippen LogP contribution in [0.15, 0.2) is 42.5 Å². The first-order valence-electron chi connectivity index (χ1n) is 6.19. The molecule has 0 N–H and O–H groups in total. The van der Waals surface area contributed by atoms with Gasteiger partial charge in [-0.15, -0.1) is 0 Å². The van der Waals surface area contributed by atoms with Gasteiger partial charge in [-0.2, -0.15) is 0 Å². The third-order valence-electron chi connectivity index (χ3n) is 2.61. The van der Waals surface area contributed by atoms with E-state index in [0.29, 0.717) is 0 Å². The summed E-state index contributed by atoms with van der Waals surface area (Å²) in [5.74, 6) is 0. The van der Waals surface area contributed by atoms with Gasteiger partial charge in [-0.25, -0.2) is 0 Å². The third kappa shape index (κ3) is 4.06. The van der Waals surface area contributed by atoms with Crippen molar-refractivity contribution in [2.75, 3.05) is 0 Å². The molecule has 0 spiro atoms. The van der Waals surface area contributed by atoms with Crippen LogP contribution in [0, 0.1) is 6.92 Å². The Labute approximate surface area is 99.7 Å². The lowest BCUT2D eigenvalue weighted by atomic mass is 10.0. The molecule has 0 aromatic heterocycles. The largest absolute Gasteiger partial charge is 0.0885 e. The van der Waals surface area contributed by atoms with Gasteiger partial charge in [-0.05, 0) is 37.3 Å². The van der Waals surface area contributed by atoms with Crippen LogP contribution in [0.1, 0.15) is 44.2 Å². The van der Waals surface area contributed by atoms with Crippen molar-refractivity contribution in [1.29, 1.82) is 0 Å². The molecule has 0 saturated carbocycles. The number of aryl methyl sites for hydroxylation is 1. The quantitative estimate of drug-likeness (QED) is 0.595. The molecule has 0 atom stereocenters. The van der Waals surface area contributed by atoms with Crippen LogP contribution in [0.3, 0.4) is 0 Å². The minimum Gasteiger partial charge on any atom is -0.0885 e. The van der Waals surface area contributed by atoms with Gasteiger partial charge in [0.1, 0.15) is 0 Å². The van der Waals surface area contributed by atoms with Crippen molar-refractivity contribution in [1.82, 2.24) is 0 Å². The Bertz CT molecular complexity index is 352. The first-order valence-corrected chi connectivity index (χ1v) is 6.19. The molecule has 0 bridgehead atoms. The normalized spacial score (nSPS) is 12.3. The summed E-state index contributed by atoms with van der Waals surface area (Å²) < 4.78 is 0. The summed E-state index contributed by atoms with van der Waals surface area (Å²) in [4.78, 5) is 0. The summed E-state index contributed by atoms with van der Waals surface area (Å²) >= 11 is 0. The zero-order chi connectivity index (χ0) is 11.8. The Balaban J connectivity index is 2.81. The van der Waals surface area contributed by atoms with E-state index in [4.69, 9.17) is 0 Å². The average Bonchev–Trinajstić information content (AvgIpc) is 2.29. The molecule has 0 saturated heterocycles. The van der Waals surface area contributed by atoms with Crippen LogP contribution in [0.5, 0.6) is 0 Å². The Morgan fingerprint density at radius 1 is 1.00 bits per heavy atom. The second kappa shape index (κ2) is 7.05. The standard InChI is InChI=1S/C16H22/c1-4-6-7-9-15(8-5-2)16-12-10-14(3)11-13-16/h6-8,10-13H,4-5,9H2,1-3H3/b7-6-,15-8+. The molecule has 0 aliphatic heterocycles. The fourth-order valence-corrected chi connectivity index (χ4v) is 1.71. The van der Waals surface area contributed by atoms with Crippen molar-refractivity contribution in [2.24, 2.45) is 0 Å². The van der Waals surface area contributed by atoms with E-state index in [1.807, 2.05) is 0 Å². The highest BCUT2D eigenvalue weighted by molar-refractivity contribution is 5.66. The molecule has 16 heavy (non-hydrogen) atoms. The molecule has 86 valence electrons. The lowest BCUT2D eigenvalue weighted by molar-refractivity contribution is 1.18. The lowest BCUT2D eigenvalue weighted by Gasteiger charge is -2.05. The molecule has 0 fully saturated rings. The number of rotatable bonds is 5. The number of hydrogen-bond acceptors (Lipinski definition) is 0. The topological polar surface area (TPSA) is 0 Å². The first kappa shape index (κ1) is 12.8. The van der Waals surface area contributed by atoms with Crippen LogP contribution in [-0.4, -0.2) is 0 Å². The van der Waals surface area contributed by atoms with E-state index in [9.17, 15) is 0 Å². The zero-order valence-corrected chi connectivity index (χ0v) is 10.7. The number of benzene rings is 1. The molecular formula is C16H22. The molecule has 1 aromatic carbocycles. The highest BCUT2D eigenvalue weighted by Crippen LogP contribution is 2.20. The van der Waals surface area contributed by atoms with Crippen molar-refractivity contribution in [3.63, 3.8) is 0 Å². The molecule has 0 aliphatic rings. The maximum atomic E-state index is 2.32. The molecule has 0 aliphatic carbocycles. The fraction of sp³-hybridized carbons (Fsp3) is 0.375. The van der Waals surface area contributed by atoms with Crippen LogP contribution < -0.4 is 0 Å². The highest BCUT2D eigenvalue weighted by Gasteiger charge is 1.98. The van der Waals surface area contributed by atoms with Crippen molar-refractivity contribution in [3.05, 3.63) is 53.6 Å². The van der Waals surface area contributed by atoms with E-state index >= 15 is 0 Å². The van der Waals surface area contributed by atoms with E-state index in [1.54, 1.807) is 0 Å². The van der Waals surface area contributed by atoms with E-state index in [1.165, 1.54) is 16.7 Å². The van der Waals surface area contributed by atoms with E-state index < -0.39 is 0 Å². The van der Waals surface area contributed by atoms with Gasteiger partial charge in [0.2, 0.25) is 0 Å². The molecule has 1 rings (SSSR count). The van der Waals surface area contributed by atoms with Gasteiger partial charge in [0.05, 0.1) is 0 Å². The Kier molecular flexibility index (Phi) is 5.63. The molecule has 0 nitrogen and oxygen atoms in total. The van der Waals surface area contributed by atoms with Gasteiger partial charge < -0.3 is 0 Å². The van der Waals surface area contributed by atoms with Gasteiger partial charge in [0, 0.05) is 0 Å². The molecule has 0 heterocycles. The summed E-state index contributed by atoms with van der Waals surface area (Å²) in [6.45, 7) is 6.49. The summed E-state index contributed by atoms with van der Waals surface area (Å²) in [6.07, 6.45) is 10.1.